The number of pyridine rings is 1. The Hall–Kier alpha value is -3.08. The van der Waals surface area contributed by atoms with Crippen molar-refractivity contribution in [3.05, 3.63) is 53.5 Å². The van der Waals surface area contributed by atoms with Gasteiger partial charge >= 0.3 is 0 Å². The molecule has 0 saturated carbocycles. The van der Waals surface area contributed by atoms with Gasteiger partial charge in [0.2, 0.25) is 0 Å². The summed E-state index contributed by atoms with van der Waals surface area (Å²) < 4.78 is 40.6. The summed E-state index contributed by atoms with van der Waals surface area (Å²) >= 11 is 0. The lowest BCUT2D eigenvalue weighted by Gasteiger charge is -2.31. The first-order chi connectivity index (χ1) is 12.4. The Morgan fingerprint density at radius 2 is 1.88 bits per heavy atom. The Morgan fingerprint density at radius 1 is 1.23 bits per heavy atom. The van der Waals surface area contributed by atoms with Gasteiger partial charge in [0.15, 0.2) is 11.6 Å². The minimum Gasteiger partial charge on any atom is -0.338 e. The van der Waals surface area contributed by atoms with Crippen LogP contribution in [0, 0.1) is 17.1 Å². The number of carbonyl (C=O) groups excluding carboxylic acids is 1. The van der Waals surface area contributed by atoms with Gasteiger partial charge in [0.25, 0.3) is 11.8 Å². The van der Waals surface area contributed by atoms with Crippen molar-refractivity contribution < 1.29 is 18.0 Å². The maximum Gasteiger partial charge on any atom is 0.255 e. The van der Waals surface area contributed by atoms with Crippen molar-refractivity contribution in [3.8, 4) is 6.07 Å². The second kappa shape index (κ2) is 7.04. The summed E-state index contributed by atoms with van der Waals surface area (Å²) in [5.41, 5.74) is 1.02. The van der Waals surface area contributed by atoms with E-state index in [0.717, 1.165) is 6.07 Å². The van der Waals surface area contributed by atoms with Crippen LogP contribution in [-0.4, -0.2) is 34.8 Å². The van der Waals surface area contributed by atoms with Gasteiger partial charge in [-0.1, -0.05) is 0 Å². The molecule has 1 N–H and O–H groups in total. The molecule has 1 aromatic heterocycles. The predicted molar refractivity (Wildman–Crippen MR) is 88.7 cm³/mol. The summed E-state index contributed by atoms with van der Waals surface area (Å²) in [5.74, 6) is -4.08. The van der Waals surface area contributed by atoms with Crippen LogP contribution in [0.15, 0.2) is 36.5 Å². The van der Waals surface area contributed by atoms with Crippen molar-refractivity contribution >= 4 is 17.4 Å². The Kier molecular flexibility index (Phi) is 4.80. The summed E-state index contributed by atoms with van der Waals surface area (Å²) in [5, 5.41) is 11.5. The SMILES string of the molecule is N#Cc1ccc(Nc2ncc(C(=O)N3CCC(F)(F)CC3)cc2F)cc1. The average Bonchev–Trinajstić information content (AvgIpc) is 2.63. The van der Waals surface area contributed by atoms with Crippen molar-refractivity contribution in [2.45, 2.75) is 18.8 Å². The third kappa shape index (κ3) is 3.94. The van der Waals surface area contributed by atoms with Crippen LogP contribution in [0.5, 0.6) is 0 Å². The van der Waals surface area contributed by atoms with E-state index in [2.05, 4.69) is 10.3 Å². The number of alkyl halides is 2. The maximum absolute atomic E-state index is 14.3. The zero-order valence-corrected chi connectivity index (χ0v) is 13.7. The molecular formula is C18H15F3N4O. The predicted octanol–water partition coefficient (Wildman–Crippen LogP) is 3.71. The molecule has 1 aromatic carbocycles. The number of rotatable bonds is 3. The molecule has 134 valence electrons. The molecule has 0 atom stereocenters. The molecule has 1 saturated heterocycles. The summed E-state index contributed by atoms with van der Waals surface area (Å²) in [4.78, 5) is 17.5. The van der Waals surface area contributed by atoms with Gasteiger partial charge in [-0.3, -0.25) is 4.79 Å². The fourth-order valence-corrected chi connectivity index (χ4v) is 2.63. The number of likely N-dealkylation sites (tertiary alicyclic amines) is 1. The van der Waals surface area contributed by atoms with Gasteiger partial charge < -0.3 is 10.2 Å². The lowest BCUT2D eigenvalue weighted by atomic mass is 10.1. The number of nitriles is 1. The van der Waals surface area contributed by atoms with E-state index in [4.69, 9.17) is 5.26 Å². The molecule has 3 rings (SSSR count). The molecule has 0 spiro atoms. The van der Waals surface area contributed by atoms with Gasteiger partial charge in [-0.15, -0.1) is 0 Å². The minimum absolute atomic E-state index is 0.0121. The molecule has 0 radical (unpaired) electrons. The fraction of sp³-hybridized carbons (Fsp3) is 0.278. The number of halogens is 3. The normalized spacial score (nSPS) is 16.0. The maximum atomic E-state index is 14.3. The standard InChI is InChI=1S/C18H15F3N4O/c19-15-9-13(17(26)25-7-5-18(20,21)6-8-25)11-23-16(15)24-14-3-1-12(10-22)2-4-14/h1-4,9,11H,5-8H2,(H,23,24). The molecule has 8 heteroatoms. The Labute approximate surface area is 148 Å². The second-order valence-corrected chi connectivity index (χ2v) is 6.02. The molecule has 1 aliphatic heterocycles. The number of piperidine rings is 1. The summed E-state index contributed by atoms with van der Waals surface area (Å²) in [7, 11) is 0. The van der Waals surface area contributed by atoms with E-state index >= 15 is 0 Å². The van der Waals surface area contributed by atoms with Crippen LogP contribution < -0.4 is 5.32 Å². The lowest BCUT2D eigenvalue weighted by molar-refractivity contribution is -0.0494. The molecule has 5 nitrogen and oxygen atoms in total. The van der Waals surface area contributed by atoms with Crippen LogP contribution in [0.2, 0.25) is 0 Å². The summed E-state index contributed by atoms with van der Waals surface area (Å²) in [6.45, 7) is -0.141. The van der Waals surface area contributed by atoms with Crippen LogP contribution in [-0.2, 0) is 0 Å². The van der Waals surface area contributed by atoms with Gasteiger partial charge in [-0.05, 0) is 30.3 Å². The van der Waals surface area contributed by atoms with Crippen molar-refractivity contribution in [3.63, 3.8) is 0 Å². The molecule has 1 fully saturated rings. The summed E-state index contributed by atoms with van der Waals surface area (Å²) in [6.07, 6.45) is 0.421. The highest BCUT2D eigenvalue weighted by Crippen LogP contribution is 2.28. The van der Waals surface area contributed by atoms with Gasteiger partial charge in [0, 0.05) is 37.8 Å². The molecule has 1 aliphatic rings. The van der Waals surface area contributed by atoms with Crippen LogP contribution >= 0.6 is 0 Å². The monoisotopic (exact) mass is 360 g/mol. The molecule has 0 aliphatic carbocycles. The first kappa shape index (κ1) is 17.7. The number of nitrogens with one attached hydrogen (secondary N) is 1. The minimum atomic E-state index is -2.75. The van der Waals surface area contributed by atoms with E-state index in [1.165, 1.54) is 11.1 Å². The fourth-order valence-electron chi connectivity index (χ4n) is 2.63. The smallest absolute Gasteiger partial charge is 0.255 e. The van der Waals surface area contributed by atoms with Gasteiger partial charge in [0.1, 0.15) is 0 Å². The largest absolute Gasteiger partial charge is 0.338 e. The first-order valence-electron chi connectivity index (χ1n) is 7.98. The number of anilines is 2. The molecule has 1 amide bonds. The molecule has 0 bridgehead atoms. The number of amides is 1. The number of aromatic nitrogens is 1. The third-order valence-electron chi connectivity index (χ3n) is 4.15. The summed E-state index contributed by atoms with van der Waals surface area (Å²) in [6, 6.07) is 9.37. The van der Waals surface area contributed by atoms with Crippen molar-refractivity contribution in [2.75, 3.05) is 18.4 Å². The Balaban J connectivity index is 1.70. The van der Waals surface area contributed by atoms with Crippen LogP contribution in [0.3, 0.4) is 0 Å². The highest BCUT2D eigenvalue weighted by molar-refractivity contribution is 5.94. The van der Waals surface area contributed by atoms with Crippen LogP contribution in [0.4, 0.5) is 24.7 Å². The number of benzene rings is 1. The van der Waals surface area contributed by atoms with E-state index < -0.39 is 30.5 Å². The van der Waals surface area contributed by atoms with E-state index in [0.29, 0.717) is 11.3 Å². The van der Waals surface area contributed by atoms with E-state index in [1.54, 1.807) is 24.3 Å². The van der Waals surface area contributed by atoms with Gasteiger partial charge in [-0.25, -0.2) is 18.2 Å². The molecule has 26 heavy (non-hydrogen) atoms. The van der Waals surface area contributed by atoms with Gasteiger partial charge in [-0.2, -0.15) is 5.26 Å². The quantitative estimate of drug-likeness (QED) is 0.906. The molecule has 2 aromatic rings. The van der Waals surface area contributed by atoms with E-state index in [-0.39, 0.29) is 24.5 Å². The Bertz CT molecular complexity index is 852. The number of hydrogen-bond donors (Lipinski definition) is 1. The molecule has 0 unspecified atom stereocenters. The van der Waals surface area contributed by atoms with Crippen molar-refractivity contribution in [1.82, 2.24) is 9.88 Å². The molecular weight excluding hydrogens is 345 g/mol. The third-order valence-corrected chi connectivity index (χ3v) is 4.15. The highest BCUT2D eigenvalue weighted by atomic mass is 19.3. The topological polar surface area (TPSA) is 69.0 Å². The van der Waals surface area contributed by atoms with Crippen LogP contribution in [0.1, 0.15) is 28.8 Å². The van der Waals surface area contributed by atoms with Gasteiger partial charge in [0.05, 0.1) is 17.2 Å². The lowest BCUT2D eigenvalue weighted by Crippen LogP contribution is -2.42. The van der Waals surface area contributed by atoms with E-state index in [9.17, 15) is 18.0 Å². The zero-order chi connectivity index (χ0) is 18.7. The number of nitrogens with zero attached hydrogens (tertiary/aromatic N) is 3. The average molecular weight is 360 g/mol. The van der Waals surface area contributed by atoms with E-state index in [1.807, 2.05) is 6.07 Å². The highest BCUT2D eigenvalue weighted by Gasteiger charge is 2.35. The molecule has 2 heterocycles. The van der Waals surface area contributed by atoms with Crippen LogP contribution in [0.25, 0.3) is 0 Å². The zero-order valence-electron chi connectivity index (χ0n) is 13.7. The number of hydrogen-bond acceptors (Lipinski definition) is 4. The van der Waals surface area contributed by atoms with Crippen molar-refractivity contribution in [2.24, 2.45) is 0 Å². The second-order valence-electron chi connectivity index (χ2n) is 6.02. The first-order valence-corrected chi connectivity index (χ1v) is 7.98. The van der Waals surface area contributed by atoms with Crippen molar-refractivity contribution in [1.29, 1.82) is 5.26 Å². The number of carbonyl (C=O) groups is 1. The Morgan fingerprint density at radius 3 is 2.46 bits per heavy atom.